The summed E-state index contributed by atoms with van der Waals surface area (Å²) >= 11 is 0. The molecule has 0 spiro atoms. The maximum Gasteiger partial charge on any atom is 0.258 e. The van der Waals surface area contributed by atoms with Crippen molar-refractivity contribution in [2.24, 2.45) is 5.41 Å². The second kappa shape index (κ2) is 8.93. The molecule has 37 heavy (non-hydrogen) atoms. The Balaban J connectivity index is 1.25. The second-order valence-electron chi connectivity index (χ2n) is 10.2. The zero-order chi connectivity index (χ0) is 25.7. The van der Waals surface area contributed by atoms with Crippen LogP contribution in [0.15, 0.2) is 24.4 Å². The summed E-state index contributed by atoms with van der Waals surface area (Å²) in [4.78, 5) is 27.3. The zero-order valence-electron chi connectivity index (χ0n) is 20.7. The lowest BCUT2D eigenvalue weighted by Gasteiger charge is -2.45. The number of rotatable bonds is 7. The van der Waals surface area contributed by atoms with Crippen molar-refractivity contribution in [2.45, 2.75) is 51.6 Å². The molecular formula is C25H28F2N8O2. The van der Waals surface area contributed by atoms with Crippen LogP contribution in [0.1, 0.15) is 32.6 Å². The Bertz CT molecular complexity index is 1470. The molecule has 0 radical (unpaired) electrons. The molecule has 1 amide bonds. The first-order valence-corrected chi connectivity index (χ1v) is 12.5. The van der Waals surface area contributed by atoms with Crippen molar-refractivity contribution in [3.05, 3.63) is 24.4 Å². The summed E-state index contributed by atoms with van der Waals surface area (Å²) in [6, 6.07) is 5.47. The predicted molar refractivity (Wildman–Crippen MR) is 134 cm³/mol. The lowest BCUT2D eigenvalue weighted by Crippen LogP contribution is -2.53. The van der Waals surface area contributed by atoms with Gasteiger partial charge in [-0.3, -0.25) is 4.79 Å². The number of amides is 1. The number of carbonyl (C=O) groups is 1. The number of carbonyl (C=O) groups excluding carboxylic acids is 1. The van der Waals surface area contributed by atoms with Crippen molar-refractivity contribution in [2.75, 3.05) is 25.5 Å². The molecule has 2 N–H and O–H groups in total. The minimum atomic E-state index is -2.53. The molecule has 2 aliphatic rings. The number of methoxy groups -OCH3 is 1. The maximum atomic E-state index is 13.0. The van der Waals surface area contributed by atoms with Crippen molar-refractivity contribution in [3.8, 4) is 17.0 Å². The topological polar surface area (TPSA) is 114 Å². The summed E-state index contributed by atoms with van der Waals surface area (Å²) in [6.07, 6.45) is 2.88. The Kier molecular flexibility index (Phi) is 5.68. The molecule has 4 heterocycles. The van der Waals surface area contributed by atoms with E-state index in [9.17, 15) is 13.6 Å². The zero-order valence-corrected chi connectivity index (χ0v) is 20.7. The molecule has 0 bridgehead atoms. The Morgan fingerprint density at radius 1 is 1.27 bits per heavy atom. The monoisotopic (exact) mass is 510 g/mol. The van der Waals surface area contributed by atoms with Gasteiger partial charge in [-0.1, -0.05) is 18.2 Å². The molecule has 12 heteroatoms. The number of aromatic nitrogens is 6. The quantitative estimate of drug-likeness (QED) is 0.388. The van der Waals surface area contributed by atoms with E-state index in [1.165, 1.54) is 4.68 Å². The molecule has 1 saturated carbocycles. The van der Waals surface area contributed by atoms with Crippen LogP contribution in [0.25, 0.3) is 33.2 Å². The molecule has 10 nitrogen and oxygen atoms in total. The molecular weight excluding hydrogens is 482 g/mol. The fourth-order valence-electron chi connectivity index (χ4n) is 5.63. The summed E-state index contributed by atoms with van der Waals surface area (Å²) in [5, 5.41) is 11.9. The van der Waals surface area contributed by atoms with Gasteiger partial charge in [0, 0.05) is 30.9 Å². The molecule has 4 aromatic rings. The minimum absolute atomic E-state index is 0.0955. The van der Waals surface area contributed by atoms with Gasteiger partial charge in [-0.2, -0.15) is 9.97 Å². The largest absolute Gasteiger partial charge is 0.480 e. The highest BCUT2D eigenvalue weighted by Crippen LogP contribution is 2.44. The van der Waals surface area contributed by atoms with Gasteiger partial charge in [-0.05, 0) is 43.4 Å². The molecule has 6 rings (SSSR count). The summed E-state index contributed by atoms with van der Waals surface area (Å²) in [5.41, 5.74) is 2.84. The molecule has 1 saturated heterocycles. The first kappa shape index (κ1) is 23.6. The van der Waals surface area contributed by atoms with E-state index in [0.717, 1.165) is 49.9 Å². The number of nitrogens with one attached hydrogen (secondary N) is 2. The van der Waals surface area contributed by atoms with E-state index in [-0.39, 0.29) is 17.4 Å². The van der Waals surface area contributed by atoms with Crippen molar-refractivity contribution in [3.63, 3.8) is 0 Å². The Morgan fingerprint density at radius 3 is 2.78 bits per heavy atom. The van der Waals surface area contributed by atoms with Gasteiger partial charge in [-0.25, -0.2) is 13.5 Å². The first-order chi connectivity index (χ1) is 17.8. The molecule has 2 fully saturated rings. The average Bonchev–Trinajstić information content (AvgIpc) is 3.62. The summed E-state index contributed by atoms with van der Waals surface area (Å²) in [6.45, 7) is 3.22. The number of hydrogen-bond donors (Lipinski definition) is 2. The molecule has 1 aliphatic carbocycles. The normalized spacial score (nSPS) is 21.6. The third kappa shape index (κ3) is 4.13. The van der Waals surface area contributed by atoms with Gasteiger partial charge in [0.15, 0.2) is 0 Å². The van der Waals surface area contributed by atoms with Crippen LogP contribution < -0.4 is 10.1 Å². The number of alkyl halides is 2. The standard InChI is InChI=1S/C25H28F2N8O2/c1-25(23(36)34-7-3-4-8-34)10-15(11-25)29-24-30-21-20(22(31-24)37-2)16(12-28-21)14-5-6-17-18(9-14)35(33-32-17)13-19(26)27/h5-6,9,12,15,19H,3-4,7-8,10-11,13H2,1-2H3,(H2,28,29,30,31)/t15-,25+. The lowest BCUT2D eigenvalue weighted by atomic mass is 9.66. The number of nitrogens with zero attached hydrogens (tertiary/aromatic N) is 6. The number of aromatic amines is 1. The molecule has 194 valence electrons. The van der Waals surface area contributed by atoms with Crippen LogP contribution in [0.5, 0.6) is 5.88 Å². The number of anilines is 1. The van der Waals surface area contributed by atoms with Crippen molar-refractivity contribution in [1.82, 2.24) is 34.8 Å². The highest BCUT2D eigenvalue weighted by molar-refractivity contribution is 5.99. The van der Waals surface area contributed by atoms with Gasteiger partial charge >= 0.3 is 0 Å². The van der Waals surface area contributed by atoms with Gasteiger partial charge in [0.1, 0.15) is 17.7 Å². The van der Waals surface area contributed by atoms with Crippen LogP contribution in [-0.2, 0) is 11.3 Å². The SMILES string of the molecule is COc1nc(N[C@H]2C[C@@](C)(C(=O)N3CCCC3)C2)nc2[nH]cc(-c3ccc4nnn(CC(F)F)c4c3)c12. The Morgan fingerprint density at radius 2 is 2.05 bits per heavy atom. The fraction of sp³-hybridized carbons (Fsp3) is 0.480. The molecule has 3 aromatic heterocycles. The Hall–Kier alpha value is -3.83. The molecule has 0 atom stereocenters. The highest BCUT2D eigenvalue weighted by atomic mass is 19.3. The van der Waals surface area contributed by atoms with Crippen LogP contribution in [0, 0.1) is 5.41 Å². The average molecular weight is 511 g/mol. The highest BCUT2D eigenvalue weighted by Gasteiger charge is 2.48. The minimum Gasteiger partial charge on any atom is -0.480 e. The van der Waals surface area contributed by atoms with Crippen LogP contribution in [0.2, 0.25) is 0 Å². The van der Waals surface area contributed by atoms with Gasteiger partial charge in [0.2, 0.25) is 17.7 Å². The van der Waals surface area contributed by atoms with Crippen LogP contribution in [0.4, 0.5) is 14.7 Å². The van der Waals surface area contributed by atoms with E-state index >= 15 is 0 Å². The third-order valence-corrected chi connectivity index (χ3v) is 7.46. The van der Waals surface area contributed by atoms with Gasteiger partial charge in [0.25, 0.3) is 6.43 Å². The number of benzene rings is 1. The van der Waals surface area contributed by atoms with Gasteiger partial charge in [0.05, 0.1) is 23.4 Å². The number of ether oxygens (including phenoxy) is 1. The number of hydrogen-bond acceptors (Lipinski definition) is 7. The number of likely N-dealkylation sites (tertiary alicyclic amines) is 1. The van der Waals surface area contributed by atoms with Gasteiger partial charge in [-0.15, -0.1) is 5.10 Å². The smallest absolute Gasteiger partial charge is 0.258 e. The van der Waals surface area contributed by atoms with Gasteiger partial charge < -0.3 is 19.9 Å². The van der Waals surface area contributed by atoms with Crippen LogP contribution >= 0.6 is 0 Å². The van der Waals surface area contributed by atoms with Crippen LogP contribution in [0.3, 0.4) is 0 Å². The van der Waals surface area contributed by atoms with Crippen molar-refractivity contribution in [1.29, 1.82) is 0 Å². The van der Waals surface area contributed by atoms with E-state index < -0.39 is 13.0 Å². The van der Waals surface area contributed by atoms with E-state index in [4.69, 9.17) is 4.74 Å². The number of H-pyrrole nitrogens is 1. The maximum absolute atomic E-state index is 13.0. The lowest BCUT2D eigenvalue weighted by molar-refractivity contribution is -0.145. The predicted octanol–water partition coefficient (Wildman–Crippen LogP) is 3.85. The van der Waals surface area contributed by atoms with Crippen LogP contribution in [-0.4, -0.2) is 73.4 Å². The second-order valence-corrected chi connectivity index (χ2v) is 10.2. The summed E-state index contributed by atoms with van der Waals surface area (Å²) in [5.74, 6) is 1.06. The van der Waals surface area contributed by atoms with E-state index in [1.54, 1.807) is 25.4 Å². The van der Waals surface area contributed by atoms with Crippen molar-refractivity contribution >= 4 is 33.9 Å². The Labute approximate surface area is 211 Å². The first-order valence-electron chi connectivity index (χ1n) is 12.5. The summed E-state index contributed by atoms with van der Waals surface area (Å²) < 4.78 is 32.8. The fourth-order valence-corrected chi connectivity index (χ4v) is 5.63. The number of halogens is 2. The molecule has 1 aliphatic heterocycles. The molecule has 0 unspecified atom stereocenters. The number of fused-ring (bicyclic) bond motifs is 2. The third-order valence-electron chi connectivity index (χ3n) is 7.46. The molecule has 1 aromatic carbocycles. The van der Waals surface area contributed by atoms with E-state index in [1.807, 2.05) is 17.9 Å². The summed E-state index contributed by atoms with van der Waals surface area (Å²) in [7, 11) is 1.54. The van der Waals surface area contributed by atoms with E-state index in [2.05, 4.69) is 30.6 Å². The van der Waals surface area contributed by atoms with E-state index in [0.29, 0.717) is 33.9 Å². The van der Waals surface area contributed by atoms with Crippen molar-refractivity contribution < 1.29 is 18.3 Å².